The Bertz CT molecular complexity index is 303. The highest BCUT2D eigenvalue weighted by atomic mass is 16.3. The number of likely N-dealkylation sites (N-methyl/N-ethyl adjacent to an activating group) is 1. The number of aliphatic hydroxyl groups excluding tert-OH is 1. The van der Waals surface area contributed by atoms with Crippen LogP contribution in [0.5, 0.6) is 0 Å². The fraction of sp³-hybridized carbons (Fsp3) is 0.600. The molecule has 0 aromatic heterocycles. The standard InChI is InChI=1S/C15H26N2O/c1-3-5-11-17(13-15(18)12-16-4-2)14-9-7-6-8-10-14/h6-10,15-16,18H,3-5,11-13H2,1-2H3. The molecule has 1 aromatic rings. The van der Waals surface area contributed by atoms with Crippen molar-refractivity contribution in [2.75, 3.05) is 31.1 Å². The van der Waals surface area contributed by atoms with Gasteiger partial charge in [0.15, 0.2) is 0 Å². The molecule has 1 atom stereocenters. The molecule has 1 aromatic carbocycles. The summed E-state index contributed by atoms with van der Waals surface area (Å²) in [6, 6.07) is 10.3. The second kappa shape index (κ2) is 8.95. The van der Waals surface area contributed by atoms with Crippen LogP contribution in [0.25, 0.3) is 0 Å². The molecule has 0 aliphatic heterocycles. The number of nitrogens with one attached hydrogen (secondary N) is 1. The zero-order chi connectivity index (χ0) is 13.2. The minimum Gasteiger partial charge on any atom is -0.390 e. The van der Waals surface area contributed by atoms with Gasteiger partial charge in [-0.15, -0.1) is 0 Å². The Balaban J connectivity index is 2.55. The first-order chi connectivity index (χ1) is 8.77. The summed E-state index contributed by atoms with van der Waals surface area (Å²) < 4.78 is 0. The number of rotatable bonds is 9. The van der Waals surface area contributed by atoms with E-state index in [0.29, 0.717) is 13.1 Å². The van der Waals surface area contributed by atoms with Gasteiger partial charge in [-0.1, -0.05) is 38.5 Å². The van der Waals surface area contributed by atoms with E-state index in [-0.39, 0.29) is 6.10 Å². The lowest BCUT2D eigenvalue weighted by Gasteiger charge is -2.27. The van der Waals surface area contributed by atoms with E-state index in [9.17, 15) is 5.11 Å². The number of para-hydroxylation sites is 1. The van der Waals surface area contributed by atoms with Crippen LogP contribution in [0.4, 0.5) is 5.69 Å². The maximum atomic E-state index is 10.0. The SMILES string of the molecule is CCCCN(CC(O)CNCC)c1ccccc1. The van der Waals surface area contributed by atoms with Gasteiger partial charge in [-0.25, -0.2) is 0 Å². The van der Waals surface area contributed by atoms with E-state index >= 15 is 0 Å². The molecule has 0 fully saturated rings. The van der Waals surface area contributed by atoms with Crippen LogP contribution in [0.2, 0.25) is 0 Å². The van der Waals surface area contributed by atoms with Crippen LogP contribution >= 0.6 is 0 Å². The van der Waals surface area contributed by atoms with Crippen LogP contribution < -0.4 is 10.2 Å². The van der Waals surface area contributed by atoms with Gasteiger partial charge in [0.1, 0.15) is 0 Å². The Kier molecular flexibility index (Phi) is 7.46. The van der Waals surface area contributed by atoms with Crippen molar-refractivity contribution in [2.24, 2.45) is 0 Å². The van der Waals surface area contributed by atoms with Gasteiger partial charge in [0.25, 0.3) is 0 Å². The Morgan fingerprint density at radius 2 is 1.94 bits per heavy atom. The first-order valence-electron chi connectivity index (χ1n) is 6.96. The number of anilines is 1. The minimum absolute atomic E-state index is 0.318. The highest BCUT2D eigenvalue weighted by Crippen LogP contribution is 2.14. The van der Waals surface area contributed by atoms with Crippen molar-refractivity contribution in [3.8, 4) is 0 Å². The number of nitrogens with zero attached hydrogens (tertiary/aromatic N) is 1. The second-order valence-corrected chi connectivity index (χ2v) is 4.60. The third kappa shape index (κ3) is 5.52. The molecule has 0 bridgehead atoms. The summed E-state index contributed by atoms with van der Waals surface area (Å²) in [5, 5.41) is 13.2. The number of unbranched alkanes of at least 4 members (excludes halogenated alkanes) is 1. The maximum absolute atomic E-state index is 10.0. The van der Waals surface area contributed by atoms with Crippen LogP contribution in [0.15, 0.2) is 30.3 Å². The van der Waals surface area contributed by atoms with E-state index in [2.05, 4.69) is 36.2 Å². The van der Waals surface area contributed by atoms with Gasteiger partial charge < -0.3 is 15.3 Å². The van der Waals surface area contributed by atoms with Gasteiger partial charge in [-0.3, -0.25) is 0 Å². The predicted octanol–water partition coefficient (Wildman–Crippen LogP) is 2.26. The summed E-state index contributed by atoms with van der Waals surface area (Å²) in [5.41, 5.74) is 1.20. The third-order valence-electron chi connectivity index (χ3n) is 2.96. The van der Waals surface area contributed by atoms with Crippen molar-refractivity contribution in [1.29, 1.82) is 0 Å². The van der Waals surface area contributed by atoms with Crippen LogP contribution in [0.1, 0.15) is 26.7 Å². The molecule has 3 nitrogen and oxygen atoms in total. The van der Waals surface area contributed by atoms with E-state index < -0.39 is 0 Å². The molecule has 2 N–H and O–H groups in total. The van der Waals surface area contributed by atoms with E-state index in [1.165, 1.54) is 12.1 Å². The number of aliphatic hydroxyl groups is 1. The van der Waals surface area contributed by atoms with Crippen LogP contribution in [0.3, 0.4) is 0 Å². The van der Waals surface area contributed by atoms with Gasteiger partial charge in [0, 0.05) is 25.3 Å². The molecule has 0 aliphatic rings. The topological polar surface area (TPSA) is 35.5 Å². The number of hydrogen-bond donors (Lipinski definition) is 2. The maximum Gasteiger partial charge on any atom is 0.0839 e. The van der Waals surface area contributed by atoms with E-state index in [4.69, 9.17) is 0 Å². The van der Waals surface area contributed by atoms with Gasteiger partial charge in [0.05, 0.1) is 6.10 Å². The molecule has 0 saturated heterocycles. The quantitative estimate of drug-likeness (QED) is 0.706. The largest absolute Gasteiger partial charge is 0.390 e. The summed E-state index contributed by atoms with van der Waals surface area (Å²) in [6.07, 6.45) is 2.01. The van der Waals surface area contributed by atoms with Crippen LogP contribution in [0, 0.1) is 0 Å². The zero-order valence-corrected chi connectivity index (χ0v) is 11.6. The number of hydrogen-bond acceptors (Lipinski definition) is 3. The summed E-state index contributed by atoms with van der Waals surface area (Å²) in [5.74, 6) is 0. The monoisotopic (exact) mass is 250 g/mol. The van der Waals surface area contributed by atoms with Gasteiger partial charge in [-0.05, 0) is 25.1 Å². The van der Waals surface area contributed by atoms with Crippen molar-refractivity contribution in [2.45, 2.75) is 32.8 Å². The normalized spacial score (nSPS) is 12.4. The lowest BCUT2D eigenvalue weighted by atomic mass is 10.2. The predicted molar refractivity (Wildman–Crippen MR) is 78.1 cm³/mol. The Labute approximate surface area is 111 Å². The molecule has 18 heavy (non-hydrogen) atoms. The molecular formula is C15H26N2O. The highest BCUT2D eigenvalue weighted by molar-refractivity contribution is 5.46. The van der Waals surface area contributed by atoms with Crippen molar-refractivity contribution in [3.63, 3.8) is 0 Å². The van der Waals surface area contributed by atoms with Crippen molar-refractivity contribution >= 4 is 5.69 Å². The highest BCUT2D eigenvalue weighted by Gasteiger charge is 2.11. The van der Waals surface area contributed by atoms with Gasteiger partial charge in [-0.2, -0.15) is 0 Å². The molecule has 0 spiro atoms. The molecule has 0 saturated carbocycles. The molecule has 1 rings (SSSR count). The first-order valence-corrected chi connectivity index (χ1v) is 6.96. The van der Waals surface area contributed by atoms with Crippen molar-refractivity contribution in [1.82, 2.24) is 5.32 Å². The van der Waals surface area contributed by atoms with Crippen molar-refractivity contribution in [3.05, 3.63) is 30.3 Å². The second-order valence-electron chi connectivity index (χ2n) is 4.60. The molecule has 0 radical (unpaired) electrons. The number of benzene rings is 1. The average molecular weight is 250 g/mol. The van der Waals surface area contributed by atoms with E-state index in [0.717, 1.165) is 19.5 Å². The Hall–Kier alpha value is -1.06. The summed E-state index contributed by atoms with van der Waals surface area (Å²) in [4.78, 5) is 2.27. The molecule has 102 valence electrons. The summed E-state index contributed by atoms with van der Waals surface area (Å²) in [7, 11) is 0. The van der Waals surface area contributed by atoms with Gasteiger partial charge >= 0.3 is 0 Å². The molecular weight excluding hydrogens is 224 g/mol. The molecule has 0 aliphatic carbocycles. The average Bonchev–Trinajstić information content (AvgIpc) is 2.42. The smallest absolute Gasteiger partial charge is 0.0839 e. The fourth-order valence-electron chi connectivity index (χ4n) is 1.94. The first kappa shape index (κ1) is 15.0. The lowest BCUT2D eigenvalue weighted by molar-refractivity contribution is 0.177. The van der Waals surface area contributed by atoms with Crippen LogP contribution in [-0.4, -0.2) is 37.4 Å². The minimum atomic E-state index is -0.318. The molecule has 0 amide bonds. The van der Waals surface area contributed by atoms with Crippen LogP contribution in [-0.2, 0) is 0 Å². The molecule has 3 heteroatoms. The lowest BCUT2D eigenvalue weighted by Crippen LogP contribution is -2.38. The summed E-state index contributed by atoms with van der Waals surface area (Å²) in [6.45, 7) is 7.50. The zero-order valence-electron chi connectivity index (χ0n) is 11.6. The van der Waals surface area contributed by atoms with Gasteiger partial charge in [0.2, 0.25) is 0 Å². The van der Waals surface area contributed by atoms with Crippen molar-refractivity contribution < 1.29 is 5.11 Å². The fourth-order valence-corrected chi connectivity index (χ4v) is 1.94. The van der Waals surface area contributed by atoms with E-state index in [1.54, 1.807) is 0 Å². The third-order valence-corrected chi connectivity index (χ3v) is 2.96. The summed E-state index contributed by atoms with van der Waals surface area (Å²) >= 11 is 0. The molecule has 1 unspecified atom stereocenters. The van der Waals surface area contributed by atoms with E-state index in [1.807, 2.05) is 18.2 Å². The Morgan fingerprint density at radius 1 is 1.22 bits per heavy atom. The molecule has 0 heterocycles. The Morgan fingerprint density at radius 3 is 2.56 bits per heavy atom.